The zero-order chi connectivity index (χ0) is 50.7. The summed E-state index contributed by atoms with van der Waals surface area (Å²) in [4.78, 5) is 38.2. The quantitative estimate of drug-likeness (QED) is 0.0261. The summed E-state index contributed by atoms with van der Waals surface area (Å²) in [5, 5.41) is 0. The molecule has 0 aromatic carbocycles. The predicted octanol–water partition coefficient (Wildman–Crippen LogP) is 20.8. The van der Waals surface area contributed by atoms with Crippen molar-refractivity contribution in [2.45, 2.75) is 341 Å². The molecule has 0 radical (unpaired) electrons. The van der Waals surface area contributed by atoms with Crippen LogP contribution in [0.5, 0.6) is 0 Å². The second-order valence-electron chi connectivity index (χ2n) is 21.0. The summed E-state index contributed by atoms with van der Waals surface area (Å²) < 4.78 is 16.9. The number of rotatable bonds is 57. The van der Waals surface area contributed by atoms with Crippen molar-refractivity contribution in [1.82, 2.24) is 0 Å². The molecule has 0 aromatic heterocycles. The van der Waals surface area contributed by atoms with Gasteiger partial charge in [0.05, 0.1) is 0 Å². The summed E-state index contributed by atoms with van der Waals surface area (Å²) in [5.41, 5.74) is 0. The number of hydrogen-bond acceptors (Lipinski definition) is 6. The molecule has 0 aliphatic heterocycles. The Kier molecular flexibility index (Phi) is 57.2. The Hall–Kier alpha value is -2.37. The number of allylic oxidation sites excluding steroid dienone is 6. The van der Waals surface area contributed by atoms with E-state index in [-0.39, 0.29) is 31.1 Å². The molecule has 0 aromatic rings. The van der Waals surface area contributed by atoms with Crippen LogP contribution in [0.3, 0.4) is 0 Å². The summed E-state index contributed by atoms with van der Waals surface area (Å²) >= 11 is 0. The third-order valence-corrected chi connectivity index (χ3v) is 13.9. The number of hydrogen-bond donors (Lipinski definition) is 0. The molecule has 6 heteroatoms. The van der Waals surface area contributed by atoms with Gasteiger partial charge < -0.3 is 14.2 Å². The minimum absolute atomic E-state index is 0.0768. The molecule has 1 unspecified atom stereocenters. The fourth-order valence-corrected chi connectivity index (χ4v) is 9.16. The average molecular weight is 984 g/mol. The average Bonchev–Trinajstić information content (AvgIpc) is 3.36. The van der Waals surface area contributed by atoms with E-state index in [9.17, 15) is 14.4 Å². The Bertz CT molecular complexity index is 1170. The van der Waals surface area contributed by atoms with Gasteiger partial charge in [0.15, 0.2) is 6.10 Å². The zero-order valence-electron chi connectivity index (χ0n) is 47.1. The van der Waals surface area contributed by atoms with Crippen LogP contribution in [-0.4, -0.2) is 37.2 Å². The Morgan fingerprint density at radius 1 is 0.286 bits per heavy atom. The van der Waals surface area contributed by atoms with Crippen molar-refractivity contribution in [3.63, 3.8) is 0 Å². The number of carbonyl (C=O) groups is 3. The molecule has 0 spiro atoms. The van der Waals surface area contributed by atoms with E-state index < -0.39 is 6.10 Å². The maximum atomic E-state index is 12.8. The van der Waals surface area contributed by atoms with E-state index in [2.05, 4.69) is 57.2 Å². The third-order valence-electron chi connectivity index (χ3n) is 13.9. The fourth-order valence-electron chi connectivity index (χ4n) is 9.16. The molecular formula is C64H118O6. The van der Waals surface area contributed by atoms with Gasteiger partial charge in [-0.2, -0.15) is 0 Å². The highest BCUT2D eigenvalue weighted by Crippen LogP contribution is 2.17. The van der Waals surface area contributed by atoms with E-state index in [1.54, 1.807) is 0 Å². The lowest BCUT2D eigenvalue weighted by atomic mass is 10.0. The Balaban J connectivity index is 4.24. The van der Waals surface area contributed by atoms with Crippen molar-refractivity contribution in [2.75, 3.05) is 13.2 Å². The summed E-state index contributed by atoms with van der Waals surface area (Å²) in [6.45, 7) is 6.62. The Morgan fingerprint density at radius 3 is 0.843 bits per heavy atom. The summed E-state index contributed by atoms with van der Waals surface area (Å²) in [7, 11) is 0. The van der Waals surface area contributed by atoms with Crippen molar-refractivity contribution in [3.05, 3.63) is 36.5 Å². The van der Waals surface area contributed by atoms with Gasteiger partial charge in [0.2, 0.25) is 0 Å². The highest BCUT2D eigenvalue weighted by atomic mass is 16.6. The van der Waals surface area contributed by atoms with E-state index in [1.807, 2.05) is 0 Å². The second-order valence-corrected chi connectivity index (χ2v) is 21.0. The molecule has 6 nitrogen and oxygen atoms in total. The smallest absolute Gasteiger partial charge is 0.306 e. The zero-order valence-corrected chi connectivity index (χ0v) is 47.1. The van der Waals surface area contributed by atoms with E-state index in [0.29, 0.717) is 19.3 Å². The van der Waals surface area contributed by atoms with Gasteiger partial charge in [-0.1, -0.05) is 282 Å². The molecule has 70 heavy (non-hydrogen) atoms. The van der Waals surface area contributed by atoms with Gasteiger partial charge in [0.25, 0.3) is 0 Å². The molecule has 0 amide bonds. The summed E-state index contributed by atoms with van der Waals surface area (Å²) in [6, 6.07) is 0. The van der Waals surface area contributed by atoms with Crippen molar-refractivity contribution >= 4 is 17.9 Å². The van der Waals surface area contributed by atoms with Gasteiger partial charge >= 0.3 is 17.9 Å². The molecular weight excluding hydrogens is 865 g/mol. The third kappa shape index (κ3) is 56.5. The Labute approximate surface area is 435 Å². The summed E-state index contributed by atoms with van der Waals surface area (Å²) in [5.74, 6) is -0.881. The number of carbonyl (C=O) groups excluding carboxylic acids is 3. The van der Waals surface area contributed by atoms with Crippen molar-refractivity contribution in [2.24, 2.45) is 0 Å². The number of ether oxygens (including phenoxy) is 3. The molecule has 1 atom stereocenters. The first-order chi connectivity index (χ1) is 34.5. The van der Waals surface area contributed by atoms with E-state index in [4.69, 9.17) is 14.2 Å². The highest BCUT2D eigenvalue weighted by Gasteiger charge is 2.19. The van der Waals surface area contributed by atoms with Gasteiger partial charge in [-0.25, -0.2) is 0 Å². The molecule has 0 saturated carbocycles. The van der Waals surface area contributed by atoms with Crippen LogP contribution in [0.4, 0.5) is 0 Å². The largest absolute Gasteiger partial charge is 0.462 e. The summed E-state index contributed by atoms with van der Waals surface area (Å²) in [6.07, 6.45) is 71.5. The Morgan fingerprint density at radius 2 is 0.529 bits per heavy atom. The van der Waals surface area contributed by atoms with Crippen LogP contribution in [0.25, 0.3) is 0 Å². The van der Waals surface area contributed by atoms with Crippen molar-refractivity contribution in [3.8, 4) is 0 Å². The molecule has 0 heterocycles. The van der Waals surface area contributed by atoms with Crippen LogP contribution >= 0.6 is 0 Å². The molecule has 0 saturated heterocycles. The van der Waals surface area contributed by atoms with Crippen LogP contribution in [0.2, 0.25) is 0 Å². The SMILES string of the molecule is CCCC/C=C\C/C=C\CCCCCCCC(=O)OC(COC(=O)CCCCCCC/C=C\CCCCCCC)COC(=O)CCCCCCCCCCCCCCCCCCCCCCCCCC. The van der Waals surface area contributed by atoms with Crippen molar-refractivity contribution in [1.29, 1.82) is 0 Å². The van der Waals surface area contributed by atoms with E-state index >= 15 is 0 Å². The van der Waals surface area contributed by atoms with Crippen molar-refractivity contribution < 1.29 is 28.6 Å². The lowest BCUT2D eigenvalue weighted by Gasteiger charge is -2.18. The van der Waals surface area contributed by atoms with E-state index in [1.165, 1.54) is 205 Å². The molecule has 0 N–H and O–H groups in total. The maximum Gasteiger partial charge on any atom is 0.306 e. The molecule has 0 aliphatic carbocycles. The first-order valence-electron chi connectivity index (χ1n) is 31.0. The first kappa shape index (κ1) is 67.6. The van der Waals surface area contributed by atoms with Gasteiger partial charge in [-0.05, 0) is 70.6 Å². The van der Waals surface area contributed by atoms with Crippen LogP contribution < -0.4 is 0 Å². The minimum Gasteiger partial charge on any atom is -0.462 e. The first-order valence-corrected chi connectivity index (χ1v) is 31.0. The van der Waals surface area contributed by atoms with Gasteiger partial charge in [0.1, 0.15) is 13.2 Å². The van der Waals surface area contributed by atoms with E-state index in [0.717, 1.165) is 89.9 Å². The van der Waals surface area contributed by atoms with Crippen LogP contribution in [0.1, 0.15) is 335 Å². The van der Waals surface area contributed by atoms with Gasteiger partial charge in [-0.3, -0.25) is 14.4 Å². The molecule has 410 valence electrons. The molecule has 0 rings (SSSR count). The normalized spacial score (nSPS) is 12.2. The van der Waals surface area contributed by atoms with Crippen LogP contribution in [0, 0.1) is 0 Å². The standard InChI is InChI=1S/C64H118O6/c1-4-7-10-13-16-19-22-25-28-29-30-31-32-33-34-35-36-37-40-42-45-48-51-54-57-63(66)69-60-61(70-64(67)58-55-52-49-46-43-39-27-24-21-18-15-12-9-6-3)59-68-62(65)56-53-50-47-44-41-38-26-23-20-17-14-11-8-5-2/h15,18,23-24,26-27,61H,4-14,16-17,19-22,25,28-60H2,1-3H3/b18-15-,26-23-,27-24-. The van der Waals surface area contributed by atoms with Crippen LogP contribution in [-0.2, 0) is 28.6 Å². The minimum atomic E-state index is -0.780. The molecule has 0 fully saturated rings. The lowest BCUT2D eigenvalue weighted by molar-refractivity contribution is -0.167. The molecule has 0 bridgehead atoms. The fraction of sp³-hybridized carbons (Fsp3) is 0.859. The number of unbranched alkanes of at least 4 members (excludes halogenated alkanes) is 40. The topological polar surface area (TPSA) is 78.9 Å². The number of esters is 3. The lowest BCUT2D eigenvalue weighted by Crippen LogP contribution is -2.30. The molecule has 0 aliphatic rings. The second kappa shape index (κ2) is 59.2. The highest BCUT2D eigenvalue weighted by molar-refractivity contribution is 5.71. The van der Waals surface area contributed by atoms with Gasteiger partial charge in [-0.15, -0.1) is 0 Å². The predicted molar refractivity (Wildman–Crippen MR) is 302 cm³/mol. The van der Waals surface area contributed by atoms with Gasteiger partial charge in [0, 0.05) is 19.3 Å². The maximum absolute atomic E-state index is 12.8. The monoisotopic (exact) mass is 983 g/mol. The van der Waals surface area contributed by atoms with Crippen LogP contribution in [0.15, 0.2) is 36.5 Å².